The van der Waals surface area contributed by atoms with Gasteiger partial charge in [-0.3, -0.25) is 0 Å². The molecule has 0 radical (unpaired) electrons. The van der Waals surface area contributed by atoms with Crippen molar-refractivity contribution >= 4 is 18.6 Å². The molecule has 0 aliphatic heterocycles. The maximum atomic E-state index is 10.1. The van der Waals surface area contributed by atoms with Crippen molar-refractivity contribution in [3.63, 3.8) is 0 Å². The number of aliphatic hydroxyl groups is 1. The summed E-state index contributed by atoms with van der Waals surface area (Å²) in [5.74, 6) is 0.790. The van der Waals surface area contributed by atoms with E-state index in [0.717, 1.165) is 30.0 Å². The van der Waals surface area contributed by atoms with Crippen LogP contribution in [-0.4, -0.2) is 51.0 Å². The first-order chi connectivity index (χ1) is 10.2. The summed E-state index contributed by atoms with van der Waals surface area (Å²) >= 11 is 0. The first-order valence-electron chi connectivity index (χ1n) is 7.63. The van der Waals surface area contributed by atoms with Crippen LogP contribution in [0.4, 0.5) is 5.69 Å². The second kappa shape index (κ2) is 7.86. The van der Waals surface area contributed by atoms with E-state index in [1.54, 1.807) is 21.0 Å². The largest absolute Gasteiger partial charge is 0.495 e. The van der Waals surface area contributed by atoms with Gasteiger partial charge in [-0.05, 0) is 52.3 Å². The first kappa shape index (κ1) is 18.8. The van der Waals surface area contributed by atoms with Crippen LogP contribution < -0.4 is 20.8 Å². The van der Waals surface area contributed by atoms with Gasteiger partial charge in [-0.1, -0.05) is 6.07 Å². The quantitative estimate of drug-likeness (QED) is 0.467. The molecule has 124 valence electrons. The van der Waals surface area contributed by atoms with Crippen molar-refractivity contribution < 1.29 is 14.5 Å². The van der Waals surface area contributed by atoms with Gasteiger partial charge < -0.3 is 25.1 Å². The van der Waals surface area contributed by atoms with Gasteiger partial charge in [-0.2, -0.15) is 0 Å². The minimum atomic E-state index is -0.911. The Morgan fingerprint density at radius 3 is 2.41 bits per heavy atom. The number of ether oxygens (including phenoxy) is 1. The van der Waals surface area contributed by atoms with Crippen molar-refractivity contribution in [3.8, 4) is 5.75 Å². The Kier molecular flexibility index (Phi) is 6.72. The molecule has 0 spiro atoms. The Hall–Kier alpha value is -1.24. The molecule has 6 heteroatoms. The summed E-state index contributed by atoms with van der Waals surface area (Å²) in [5, 5.41) is 16.5. The van der Waals surface area contributed by atoms with Crippen LogP contribution in [0.25, 0.3) is 0 Å². The van der Waals surface area contributed by atoms with E-state index in [9.17, 15) is 5.11 Å². The first-order valence-corrected chi connectivity index (χ1v) is 7.63. The van der Waals surface area contributed by atoms with Crippen molar-refractivity contribution in [2.75, 3.05) is 32.6 Å². The number of nitrogens with one attached hydrogen (secondary N) is 2. The summed E-state index contributed by atoms with van der Waals surface area (Å²) in [4.78, 5) is 0. The van der Waals surface area contributed by atoms with Crippen LogP contribution >= 0.6 is 0 Å². The average molecular weight is 308 g/mol. The summed E-state index contributed by atoms with van der Waals surface area (Å²) < 4.78 is 11.3. The third-order valence-corrected chi connectivity index (χ3v) is 4.03. The van der Waals surface area contributed by atoms with Crippen LogP contribution in [0.2, 0.25) is 0 Å². The van der Waals surface area contributed by atoms with Gasteiger partial charge in [0.1, 0.15) is 5.75 Å². The number of rotatable bonds is 9. The lowest BCUT2D eigenvalue weighted by Crippen LogP contribution is -2.49. The lowest BCUT2D eigenvalue weighted by Gasteiger charge is -2.37. The van der Waals surface area contributed by atoms with Crippen LogP contribution in [0, 0.1) is 0 Å². The van der Waals surface area contributed by atoms with Crippen molar-refractivity contribution in [2.45, 2.75) is 38.9 Å². The molecule has 1 rings (SSSR count). The molecule has 0 atom stereocenters. The van der Waals surface area contributed by atoms with Crippen molar-refractivity contribution in [2.24, 2.45) is 0 Å². The number of hydrogen-bond donors (Lipinski definition) is 3. The Morgan fingerprint density at radius 1 is 1.18 bits per heavy atom. The molecule has 0 fully saturated rings. The summed E-state index contributed by atoms with van der Waals surface area (Å²) in [6.07, 6.45) is 0. The fourth-order valence-corrected chi connectivity index (χ4v) is 1.73. The van der Waals surface area contributed by atoms with Crippen LogP contribution in [0.15, 0.2) is 18.2 Å². The van der Waals surface area contributed by atoms with Gasteiger partial charge in [0.05, 0.1) is 24.0 Å². The highest BCUT2D eigenvalue weighted by Gasteiger charge is 2.35. The molecule has 3 N–H and O–H groups in total. The molecule has 0 saturated heterocycles. The third-order valence-electron chi connectivity index (χ3n) is 4.03. The lowest BCUT2D eigenvalue weighted by molar-refractivity contribution is -0.0893. The fourth-order valence-electron chi connectivity index (χ4n) is 1.73. The minimum Gasteiger partial charge on any atom is -0.495 e. The molecule has 22 heavy (non-hydrogen) atoms. The van der Waals surface area contributed by atoms with E-state index < -0.39 is 11.2 Å². The molecule has 0 amide bonds. The molecular weight excluding hydrogens is 279 g/mol. The van der Waals surface area contributed by atoms with Gasteiger partial charge in [0.2, 0.25) is 0 Å². The van der Waals surface area contributed by atoms with Gasteiger partial charge in [0.25, 0.3) is 0 Å². The molecule has 0 unspecified atom stereocenters. The maximum Gasteiger partial charge on any atom is 0.309 e. The molecule has 1 aromatic rings. The topological polar surface area (TPSA) is 62.8 Å². The molecule has 0 aliphatic carbocycles. The molecule has 0 bridgehead atoms. The highest BCUT2D eigenvalue weighted by molar-refractivity contribution is 6.47. The smallest absolute Gasteiger partial charge is 0.309 e. The van der Waals surface area contributed by atoms with Crippen molar-refractivity contribution in [1.82, 2.24) is 5.32 Å². The zero-order valence-corrected chi connectivity index (χ0v) is 14.6. The lowest BCUT2D eigenvalue weighted by atomic mass is 9.82. The SMILES string of the molecule is CNCCNc1ccc(BOC(C)(C)C(C)(C)O)cc1OC. The van der Waals surface area contributed by atoms with E-state index in [4.69, 9.17) is 9.39 Å². The van der Waals surface area contributed by atoms with Crippen LogP contribution in [-0.2, 0) is 4.65 Å². The van der Waals surface area contributed by atoms with Crippen LogP contribution in [0.1, 0.15) is 27.7 Å². The fraction of sp³-hybridized carbons (Fsp3) is 0.625. The molecule has 0 aromatic heterocycles. The Balaban J connectivity index is 2.73. The van der Waals surface area contributed by atoms with Crippen molar-refractivity contribution in [3.05, 3.63) is 18.2 Å². The van der Waals surface area contributed by atoms with Crippen LogP contribution in [0.5, 0.6) is 5.75 Å². The second-order valence-electron chi connectivity index (χ2n) is 6.42. The zero-order chi connectivity index (χ0) is 16.8. The molecule has 5 nitrogen and oxygen atoms in total. The van der Waals surface area contributed by atoms with Gasteiger partial charge in [0.15, 0.2) is 0 Å². The predicted molar refractivity (Wildman–Crippen MR) is 93.7 cm³/mol. The molecule has 0 aliphatic rings. The standard InChI is InChI=1S/C16H29BN2O3/c1-15(2,20)16(3,4)22-17-12-7-8-13(14(11-12)21-6)19-10-9-18-5/h7-8,11,17-20H,9-10H2,1-6H3. The normalized spacial score (nSPS) is 12.1. The summed E-state index contributed by atoms with van der Waals surface area (Å²) in [6, 6.07) is 5.96. The van der Waals surface area contributed by atoms with E-state index in [1.165, 1.54) is 0 Å². The van der Waals surface area contributed by atoms with E-state index in [2.05, 4.69) is 10.6 Å². The Bertz CT molecular complexity index is 473. The van der Waals surface area contributed by atoms with Gasteiger partial charge in [-0.25, -0.2) is 0 Å². The van der Waals surface area contributed by atoms with Crippen molar-refractivity contribution in [1.29, 1.82) is 0 Å². The molecular formula is C16H29BN2O3. The van der Waals surface area contributed by atoms with E-state index in [-0.39, 0.29) is 0 Å². The number of likely N-dealkylation sites (N-methyl/N-ethyl adjacent to an activating group) is 1. The second-order valence-corrected chi connectivity index (χ2v) is 6.42. The Morgan fingerprint density at radius 2 is 1.86 bits per heavy atom. The number of methoxy groups -OCH3 is 1. The monoisotopic (exact) mass is 308 g/mol. The molecule has 0 saturated carbocycles. The molecule has 0 heterocycles. The van der Waals surface area contributed by atoms with Gasteiger partial charge >= 0.3 is 7.48 Å². The van der Waals surface area contributed by atoms with Crippen LogP contribution in [0.3, 0.4) is 0 Å². The van der Waals surface area contributed by atoms with Gasteiger partial charge in [0, 0.05) is 13.1 Å². The van der Waals surface area contributed by atoms with E-state index >= 15 is 0 Å². The summed E-state index contributed by atoms with van der Waals surface area (Å²) in [5.41, 5.74) is 0.423. The van der Waals surface area contributed by atoms with Gasteiger partial charge in [-0.15, -0.1) is 0 Å². The number of benzene rings is 1. The molecule has 1 aromatic carbocycles. The summed E-state index contributed by atoms with van der Waals surface area (Å²) in [6.45, 7) is 8.99. The third kappa shape index (κ3) is 5.19. The highest BCUT2D eigenvalue weighted by Crippen LogP contribution is 2.25. The van der Waals surface area contributed by atoms with E-state index in [0.29, 0.717) is 7.48 Å². The Labute approximate surface area is 134 Å². The highest BCUT2D eigenvalue weighted by atomic mass is 16.5. The summed E-state index contributed by atoms with van der Waals surface area (Å²) in [7, 11) is 4.00. The maximum absolute atomic E-state index is 10.1. The number of hydrogen-bond acceptors (Lipinski definition) is 5. The average Bonchev–Trinajstić information content (AvgIpc) is 2.45. The minimum absolute atomic E-state index is 0.421. The van der Waals surface area contributed by atoms with E-state index in [1.807, 2.05) is 39.1 Å². The number of anilines is 1. The zero-order valence-electron chi connectivity index (χ0n) is 14.6. The predicted octanol–water partition coefficient (Wildman–Crippen LogP) is 0.869.